The van der Waals surface area contributed by atoms with Gasteiger partial charge in [-0.15, -0.1) is 0 Å². The van der Waals surface area contributed by atoms with Gasteiger partial charge in [0.05, 0.1) is 12.7 Å². The Kier molecular flexibility index (Phi) is 4.03. The predicted octanol–water partition coefficient (Wildman–Crippen LogP) is 3.94. The van der Waals surface area contributed by atoms with Gasteiger partial charge in [-0.1, -0.05) is 55.4 Å². The lowest BCUT2D eigenvalue weighted by molar-refractivity contribution is -0.135. The molecule has 0 radical (unpaired) electrons. The van der Waals surface area contributed by atoms with Crippen LogP contribution in [-0.2, 0) is 9.53 Å². The Balaban J connectivity index is 1.64. The van der Waals surface area contributed by atoms with Crippen LogP contribution in [0.25, 0.3) is 0 Å². The first-order valence-electron chi connectivity index (χ1n) is 9.58. The van der Waals surface area contributed by atoms with Gasteiger partial charge in [0.25, 0.3) is 0 Å². The van der Waals surface area contributed by atoms with Gasteiger partial charge in [-0.2, -0.15) is 0 Å². The molecule has 1 fully saturated rings. The van der Waals surface area contributed by atoms with E-state index in [4.69, 9.17) is 4.74 Å². The highest BCUT2D eigenvalue weighted by molar-refractivity contribution is 5.91. The van der Waals surface area contributed by atoms with Gasteiger partial charge < -0.3 is 10.1 Å². The van der Waals surface area contributed by atoms with Crippen molar-refractivity contribution in [3.05, 3.63) is 47.1 Å². The Morgan fingerprint density at radius 1 is 1.28 bits per heavy atom. The van der Waals surface area contributed by atoms with Crippen molar-refractivity contribution in [2.75, 3.05) is 20.2 Å². The van der Waals surface area contributed by atoms with Crippen LogP contribution >= 0.6 is 0 Å². The Morgan fingerprint density at radius 3 is 2.84 bits per heavy atom. The maximum atomic E-state index is 11.7. The zero-order valence-electron chi connectivity index (χ0n) is 15.6. The summed E-state index contributed by atoms with van der Waals surface area (Å²) in [4.78, 5) is 11.7. The van der Waals surface area contributed by atoms with E-state index < -0.39 is 0 Å². The fourth-order valence-electron chi connectivity index (χ4n) is 5.54. The molecule has 0 aromatic rings. The molecule has 4 aliphatic rings. The van der Waals surface area contributed by atoms with Gasteiger partial charge in [0.2, 0.25) is 0 Å². The maximum absolute atomic E-state index is 11.7. The molecule has 3 heteroatoms. The minimum Gasteiger partial charge on any atom is -0.465 e. The van der Waals surface area contributed by atoms with Crippen molar-refractivity contribution in [3.63, 3.8) is 0 Å². The molecule has 4 rings (SSSR count). The summed E-state index contributed by atoms with van der Waals surface area (Å²) in [6, 6.07) is 0. The van der Waals surface area contributed by atoms with E-state index in [1.54, 1.807) is 5.57 Å². The molecule has 1 aliphatic heterocycles. The first-order valence-corrected chi connectivity index (χ1v) is 9.58. The molecule has 1 spiro atoms. The van der Waals surface area contributed by atoms with Crippen molar-refractivity contribution in [1.82, 2.24) is 5.32 Å². The van der Waals surface area contributed by atoms with Crippen molar-refractivity contribution in [3.8, 4) is 0 Å². The first kappa shape index (κ1) is 16.8. The molecule has 1 heterocycles. The van der Waals surface area contributed by atoms with Crippen LogP contribution < -0.4 is 5.32 Å². The monoisotopic (exact) mass is 339 g/mol. The Hall–Kier alpha value is -1.61. The third-order valence-electron chi connectivity index (χ3n) is 6.85. The molecule has 3 nitrogen and oxygen atoms in total. The molecule has 3 aliphatic carbocycles. The molecule has 0 amide bonds. The topological polar surface area (TPSA) is 38.3 Å². The number of hydrogen-bond acceptors (Lipinski definition) is 3. The number of carbonyl (C=O) groups excluding carboxylic acids is 1. The summed E-state index contributed by atoms with van der Waals surface area (Å²) in [5.74, 6) is 1.00. The highest BCUT2D eigenvalue weighted by Gasteiger charge is 2.60. The zero-order valence-corrected chi connectivity index (χ0v) is 15.6. The lowest BCUT2D eigenvalue weighted by Crippen LogP contribution is -2.39. The molecular weight excluding hydrogens is 310 g/mol. The number of methoxy groups -OCH3 is 1. The molecule has 1 saturated carbocycles. The predicted molar refractivity (Wildman–Crippen MR) is 99.9 cm³/mol. The van der Waals surface area contributed by atoms with E-state index in [9.17, 15) is 4.79 Å². The molecule has 0 aromatic carbocycles. The second-order valence-electron chi connectivity index (χ2n) is 8.52. The smallest absolute Gasteiger partial charge is 0.337 e. The van der Waals surface area contributed by atoms with Crippen LogP contribution in [0.5, 0.6) is 0 Å². The van der Waals surface area contributed by atoms with Gasteiger partial charge >= 0.3 is 5.97 Å². The molecule has 25 heavy (non-hydrogen) atoms. The van der Waals surface area contributed by atoms with Crippen LogP contribution in [0, 0.1) is 22.7 Å². The third kappa shape index (κ3) is 2.64. The molecule has 134 valence electrons. The van der Waals surface area contributed by atoms with Crippen molar-refractivity contribution in [2.24, 2.45) is 22.7 Å². The number of rotatable bonds is 2. The number of hydrogen-bond donors (Lipinski definition) is 1. The fourth-order valence-corrected chi connectivity index (χ4v) is 5.54. The highest BCUT2D eigenvalue weighted by Crippen LogP contribution is 2.66. The summed E-state index contributed by atoms with van der Waals surface area (Å²) < 4.78 is 4.85. The minimum atomic E-state index is -0.235. The molecule has 0 aromatic heterocycles. The second-order valence-corrected chi connectivity index (χ2v) is 8.52. The quantitative estimate of drug-likeness (QED) is 0.612. The number of nitrogens with one attached hydrogen (secondary N) is 1. The van der Waals surface area contributed by atoms with Crippen LogP contribution in [0.3, 0.4) is 0 Å². The third-order valence-corrected chi connectivity index (χ3v) is 6.85. The van der Waals surface area contributed by atoms with Crippen LogP contribution in [0.4, 0.5) is 0 Å². The van der Waals surface area contributed by atoms with Gasteiger partial charge in [0.1, 0.15) is 0 Å². The van der Waals surface area contributed by atoms with Gasteiger partial charge in [0.15, 0.2) is 0 Å². The maximum Gasteiger partial charge on any atom is 0.337 e. The molecule has 0 saturated heterocycles. The molecule has 0 bridgehead atoms. The van der Waals surface area contributed by atoms with Gasteiger partial charge in [-0.05, 0) is 31.6 Å². The number of allylic oxidation sites excluding steroid dienone is 4. The average Bonchev–Trinajstić information content (AvgIpc) is 3.28. The van der Waals surface area contributed by atoms with Crippen LogP contribution in [-0.4, -0.2) is 26.2 Å². The molecule has 3 unspecified atom stereocenters. The Labute approximate surface area is 150 Å². The fraction of sp³-hybridized carbons (Fsp3) is 0.591. The summed E-state index contributed by atoms with van der Waals surface area (Å²) in [6.07, 6.45) is 15.9. The van der Waals surface area contributed by atoms with Gasteiger partial charge in [-0.25, -0.2) is 4.79 Å². The van der Waals surface area contributed by atoms with E-state index in [1.165, 1.54) is 31.9 Å². The Bertz CT molecular complexity index is 710. The standard InChI is InChI=1S/C22H29NO2/c1-21(2)18(15-7-9-16(10-8-15)20(24)25-3)6-4-5-17-13-22(17)14-23-12-11-19(21)22/h6-7,9-11,15,17,23H,4-5,8,12-14H2,1-3H3. The van der Waals surface area contributed by atoms with Crippen molar-refractivity contribution < 1.29 is 9.53 Å². The average molecular weight is 339 g/mol. The lowest BCUT2D eigenvalue weighted by atomic mass is 9.63. The summed E-state index contributed by atoms with van der Waals surface area (Å²) in [7, 11) is 1.44. The van der Waals surface area contributed by atoms with E-state index in [2.05, 4.69) is 37.4 Å². The van der Waals surface area contributed by atoms with E-state index in [0.717, 1.165) is 25.4 Å². The minimum absolute atomic E-state index is 0.0862. The van der Waals surface area contributed by atoms with Gasteiger partial charge in [0, 0.05) is 29.8 Å². The number of ether oxygens (including phenoxy) is 1. The van der Waals surface area contributed by atoms with E-state index >= 15 is 0 Å². The SMILES string of the molecule is COC(=O)C1=CCC(C2=CCCC3CC34CNCC=C4C2(C)C)C=C1. The number of esters is 1. The van der Waals surface area contributed by atoms with Crippen molar-refractivity contribution in [2.45, 2.75) is 39.5 Å². The summed E-state index contributed by atoms with van der Waals surface area (Å²) in [5.41, 5.74) is 4.37. The molecule has 3 atom stereocenters. The molecular formula is C22H29NO2. The van der Waals surface area contributed by atoms with Crippen molar-refractivity contribution in [1.29, 1.82) is 0 Å². The Morgan fingerprint density at radius 2 is 2.12 bits per heavy atom. The number of carbonyl (C=O) groups is 1. The van der Waals surface area contributed by atoms with Crippen molar-refractivity contribution >= 4 is 5.97 Å². The first-order chi connectivity index (χ1) is 12.0. The van der Waals surface area contributed by atoms with E-state index in [1.807, 2.05) is 12.2 Å². The summed E-state index contributed by atoms with van der Waals surface area (Å²) in [6.45, 7) is 6.96. The van der Waals surface area contributed by atoms with E-state index in [-0.39, 0.29) is 11.4 Å². The summed E-state index contributed by atoms with van der Waals surface area (Å²) in [5, 5.41) is 3.60. The highest BCUT2D eigenvalue weighted by atomic mass is 16.5. The van der Waals surface area contributed by atoms with Crippen LogP contribution in [0.2, 0.25) is 0 Å². The van der Waals surface area contributed by atoms with Crippen LogP contribution in [0.15, 0.2) is 47.1 Å². The second kappa shape index (κ2) is 5.98. The zero-order chi connectivity index (χ0) is 17.7. The largest absolute Gasteiger partial charge is 0.465 e. The van der Waals surface area contributed by atoms with Crippen LogP contribution in [0.1, 0.15) is 39.5 Å². The normalized spacial score (nSPS) is 35.9. The summed E-state index contributed by atoms with van der Waals surface area (Å²) >= 11 is 0. The van der Waals surface area contributed by atoms with Gasteiger partial charge in [-0.3, -0.25) is 0 Å². The molecule has 1 N–H and O–H groups in total. The van der Waals surface area contributed by atoms with E-state index in [0.29, 0.717) is 16.9 Å². The lowest BCUT2D eigenvalue weighted by Gasteiger charge is -2.43.